The van der Waals surface area contributed by atoms with Gasteiger partial charge in [0.05, 0.1) is 11.3 Å². The number of rotatable bonds is 6. The molecule has 7 nitrogen and oxygen atoms in total. The topological polar surface area (TPSA) is 85.7 Å². The number of aromatic nitrogens is 5. The maximum absolute atomic E-state index is 12.4. The van der Waals surface area contributed by atoms with Crippen molar-refractivity contribution >= 4 is 5.97 Å². The SMILES string of the molecule is CC(C)(C)OC(=O)c1ccc(-n2c(CCc3nnn[nH]3)ccc2-c2ccccc2)cc1. The Morgan fingerprint density at radius 1 is 0.968 bits per heavy atom. The van der Waals surface area contributed by atoms with E-state index in [2.05, 4.69) is 49.5 Å². The summed E-state index contributed by atoms with van der Waals surface area (Å²) in [4.78, 5) is 12.4. The minimum Gasteiger partial charge on any atom is -0.456 e. The Balaban J connectivity index is 1.68. The lowest BCUT2D eigenvalue weighted by Gasteiger charge is -2.20. The van der Waals surface area contributed by atoms with Crippen molar-refractivity contribution in [3.05, 3.63) is 83.8 Å². The average Bonchev–Trinajstić information content (AvgIpc) is 3.41. The molecule has 0 radical (unpaired) electrons. The molecular weight excluding hydrogens is 390 g/mol. The lowest BCUT2D eigenvalue weighted by Crippen LogP contribution is -2.23. The summed E-state index contributed by atoms with van der Waals surface area (Å²) < 4.78 is 7.69. The van der Waals surface area contributed by atoms with Gasteiger partial charge in [0.25, 0.3) is 0 Å². The van der Waals surface area contributed by atoms with E-state index in [0.717, 1.165) is 34.9 Å². The average molecular weight is 415 g/mol. The van der Waals surface area contributed by atoms with Gasteiger partial charge in [-0.3, -0.25) is 0 Å². The first-order valence-electron chi connectivity index (χ1n) is 10.2. The summed E-state index contributed by atoms with van der Waals surface area (Å²) in [6.07, 6.45) is 1.46. The van der Waals surface area contributed by atoms with Gasteiger partial charge in [-0.15, -0.1) is 5.10 Å². The molecule has 31 heavy (non-hydrogen) atoms. The molecule has 0 bridgehead atoms. The van der Waals surface area contributed by atoms with Gasteiger partial charge in [0.2, 0.25) is 0 Å². The third-order valence-corrected chi connectivity index (χ3v) is 4.80. The molecule has 0 aliphatic heterocycles. The molecule has 0 amide bonds. The molecule has 2 aromatic heterocycles. The van der Waals surface area contributed by atoms with Crippen molar-refractivity contribution in [2.24, 2.45) is 0 Å². The smallest absolute Gasteiger partial charge is 0.338 e. The number of hydrogen-bond acceptors (Lipinski definition) is 5. The number of carbonyl (C=O) groups is 1. The summed E-state index contributed by atoms with van der Waals surface area (Å²) in [5.41, 5.74) is 4.30. The first kappa shape index (κ1) is 20.5. The normalized spacial score (nSPS) is 11.5. The second kappa shape index (κ2) is 8.55. The summed E-state index contributed by atoms with van der Waals surface area (Å²) in [5.74, 6) is 0.419. The van der Waals surface area contributed by atoms with E-state index in [0.29, 0.717) is 12.0 Å². The molecule has 4 aromatic rings. The quantitative estimate of drug-likeness (QED) is 0.472. The van der Waals surface area contributed by atoms with Crippen LogP contribution in [-0.2, 0) is 17.6 Å². The van der Waals surface area contributed by atoms with Crippen molar-refractivity contribution in [3.8, 4) is 16.9 Å². The molecule has 4 rings (SSSR count). The largest absolute Gasteiger partial charge is 0.456 e. The van der Waals surface area contributed by atoms with Crippen LogP contribution in [-0.4, -0.2) is 36.8 Å². The number of aromatic amines is 1. The summed E-state index contributed by atoms with van der Waals surface area (Å²) >= 11 is 0. The molecule has 0 saturated heterocycles. The number of hydrogen-bond donors (Lipinski definition) is 1. The predicted molar refractivity (Wildman–Crippen MR) is 118 cm³/mol. The van der Waals surface area contributed by atoms with Crippen LogP contribution >= 0.6 is 0 Å². The lowest BCUT2D eigenvalue weighted by molar-refractivity contribution is 0.00695. The van der Waals surface area contributed by atoms with Gasteiger partial charge in [0.15, 0.2) is 0 Å². The lowest BCUT2D eigenvalue weighted by atomic mass is 10.1. The maximum Gasteiger partial charge on any atom is 0.338 e. The van der Waals surface area contributed by atoms with E-state index < -0.39 is 5.60 Å². The molecule has 2 aromatic carbocycles. The minimum atomic E-state index is -0.528. The molecule has 7 heteroatoms. The van der Waals surface area contributed by atoms with E-state index in [1.807, 2.05) is 63.2 Å². The standard InChI is InChI=1S/C24H25N5O2/c1-24(2,3)31-23(30)18-9-11-19(12-10-18)29-20(14-16-22-25-27-28-26-22)13-15-21(29)17-7-5-4-6-8-17/h4-13,15H,14,16H2,1-3H3,(H,25,26,27,28). The Bertz CT molecular complexity index is 1140. The van der Waals surface area contributed by atoms with Crippen LogP contribution in [0.25, 0.3) is 16.9 Å². The Morgan fingerprint density at radius 2 is 1.71 bits per heavy atom. The van der Waals surface area contributed by atoms with Gasteiger partial charge < -0.3 is 9.30 Å². The van der Waals surface area contributed by atoms with Crippen LogP contribution in [0.2, 0.25) is 0 Å². The van der Waals surface area contributed by atoms with Gasteiger partial charge in [0.1, 0.15) is 11.4 Å². The van der Waals surface area contributed by atoms with Crippen LogP contribution in [0.15, 0.2) is 66.7 Å². The fourth-order valence-corrected chi connectivity index (χ4v) is 3.43. The zero-order valence-electron chi connectivity index (χ0n) is 17.9. The monoisotopic (exact) mass is 415 g/mol. The molecule has 0 atom stereocenters. The predicted octanol–water partition coefficient (Wildman–Crippen LogP) is 4.40. The van der Waals surface area contributed by atoms with Crippen LogP contribution in [0.1, 0.15) is 42.6 Å². The highest BCUT2D eigenvalue weighted by Gasteiger charge is 2.18. The third-order valence-electron chi connectivity index (χ3n) is 4.80. The molecule has 0 spiro atoms. The Hall–Kier alpha value is -3.74. The maximum atomic E-state index is 12.4. The molecule has 0 saturated carbocycles. The minimum absolute atomic E-state index is 0.326. The fraction of sp³-hybridized carbons (Fsp3) is 0.250. The van der Waals surface area contributed by atoms with E-state index in [9.17, 15) is 4.79 Å². The molecule has 0 unspecified atom stereocenters. The van der Waals surface area contributed by atoms with E-state index in [1.54, 1.807) is 0 Å². The number of esters is 1. The van der Waals surface area contributed by atoms with Crippen molar-refractivity contribution in [1.29, 1.82) is 0 Å². The number of nitrogens with one attached hydrogen (secondary N) is 1. The summed E-state index contributed by atoms with van der Waals surface area (Å²) in [7, 11) is 0. The molecule has 0 aliphatic carbocycles. The Morgan fingerprint density at radius 3 is 2.35 bits per heavy atom. The van der Waals surface area contributed by atoms with E-state index in [1.165, 1.54) is 0 Å². The second-order valence-electron chi connectivity index (χ2n) is 8.31. The van der Waals surface area contributed by atoms with E-state index >= 15 is 0 Å². The number of tetrazole rings is 1. The first-order chi connectivity index (χ1) is 14.9. The van der Waals surface area contributed by atoms with Gasteiger partial charge in [-0.05, 0) is 79.6 Å². The number of carbonyl (C=O) groups excluding carboxylic acids is 1. The number of nitrogens with zero attached hydrogens (tertiary/aromatic N) is 4. The molecule has 1 N–H and O–H groups in total. The van der Waals surface area contributed by atoms with Crippen molar-refractivity contribution in [2.45, 2.75) is 39.2 Å². The van der Waals surface area contributed by atoms with Crippen molar-refractivity contribution in [1.82, 2.24) is 25.2 Å². The zero-order valence-corrected chi connectivity index (χ0v) is 17.9. The summed E-state index contributed by atoms with van der Waals surface area (Å²) in [5, 5.41) is 14.1. The van der Waals surface area contributed by atoms with Crippen LogP contribution in [0, 0.1) is 0 Å². The molecule has 0 fully saturated rings. The van der Waals surface area contributed by atoms with Gasteiger partial charge in [-0.2, -0.15) is 0 Å². The van der Waals surface area contributed by atoms with E-state index in [-0.39, 0.29) is 5.97 Å². The zero-order chi connectivity index (χ0) is 21.8. The summed E-state index contributed by atoms with van der Waals surface area (Å²) in [6.45, 7) is 5.59. The highest BCUT2D eigenvalue weighted by atomic mass is 16.6. The van der Waals surface area contributed by atoms with Crippen LogP contribution in [0.5, 0.6) is 0 Å². The highest BCUT2D eigenvalue weighted by Crippen LogP contribution is 2.28. The van der Waals surface area contributed by atoms with Crippen LogP contribution < -0.4 is 0 Å². The molecule has 2 heterocycles. The fourth-order valence-electron chi connectivity index (χ4n) is 3.43. The highest BCUT2D eigenvalue weighted by molar-refractivity contribution is 5.90. The number of benzene rings is 2. The number of H-pyrrole nitrogens is 1. The van der Waals surface area contributed by atoms with Crippen molar-refractivity contribution < 1.29 is 9.53 Å². The third kappa shape index (κ3) is 4.88. The van der Waals surface area contributed by atoms with Gasteiger partial charge in [-0.25, -0.2) is 9.89 Å². The van der Waals surface area contributed by atoms with Gasteiger partial charge in [0, 0.05) is 17.8 Å². The number of ether oxygens (including phenoxy) is 1. The summed E-state index contributed by atoms with van der Waals surface area (Å²) in [6, 6.07) is 22.0. The Labute approximate surface area is 181 Å². The molecule has 0 aliphatic rings. The van der Waals surface area contributed by atoms with Crippen molar-refractivity contribution in [2.75, 3.05) is 0 Å². The second-order valence-corrected chi connectivity index (χ2v) is 8.31. The Kier molecular flexibility index (Phi) is 5.66. The molecular formula is C24H25N5O2. The van der Waals surface area contributed by atoms with E-state index in [4.69, 9.17) is 4.74 Å². The van der Waals surface area contributed by atoms with Gasteiger partial charge in [-0.1, -0.05) is 30.3 Å². The molecule has 158 valence electrons. The van der Waals surface area contributed by atoms with Crippen LogP contribution in [0.3, 0.4) is 0 Å². The van der Waals surface area contributed by atoms with Crippen molar-refractivity contribution in [3.63, 3.8) is 0 Å². The van der Waals surface area contributed by atoms with Gasteiger partial charge >= 0.3 is 5.97 Å². The van der Waals surface area contributed by atoms with Crippen LogP contribution in [0.4, 0.5) is 0 Å². The number of aryl methyl sites for hydroxylation is 2. The first-order valence-corrected chi connectivity index (χ1v) is 10.2.